The zero-order valence-corrected chi connectivity index (χ0v) is 17.7. The second kappa shape index (κ2) is 9.04. The number of piperidine rings is 1. The number of hydrogen-bond donors (Lipinski definition) is 1. The van der Waals surface area contributed by atoms with Crippen molar-refractivity contribution in [2.45, 2.75) is 52.1 Å². The first-order valence-electron chi connectivity index (χ1n) is 11.0. The summed E-state index contributed by atoms with van der Waals surface area (Å²) in [7, 11) is 0. The number of likely N-dealkylation sites (tertiary alicyclic amines) is 1. The summed E-state index contributed by atoms with van der Waals surface area (Å²) in [5.41, 5.74) is 3.27. The van der Waals surface area contributed by atoms with Crippen molar-refractivity contribution in [2.24, 2.45) is 5.92 Å². The molecule has 29 heavy (non-hydrogen) atoms. The monoisotopic (exact) mass is 395 g/mol. The lowest BCUT2D eigenvalue weighted by Gasteiger charge is -2.30. The number of carbonyl (C=O) groups excluding carboxylic acids is 1. The fourth-order valence-electron chi connectivity index (χ4n) is 4.78. The van der Waals surface area contributed by atoms with Crippen LogP contribution in [0, 0.1) is 5.92 Å². The molecule has 5 nitrogen and oxygen atoms in total. The lowest BCUT2D eigenvalue weighted by molar-refractivity contribution is 0.0948. The summed E-state index contributed by atoms with van der Waals surface area (Å²) in [5, 5.41) is 3.09. The Bertz CT molecular complexity index is 831. The highest BCUT2D eigenvalue weighted by Crippen LogP contribution is 2.33. The summed E-state index contributed by atoms with van der Waals surface area (Å²) >= 11 is 0. The van der Waals surface area contributed by atoms with Crippen LogP contribution in [0.4, 0.5) is 5.69 Å². The smallest absolute Gasteiger partial charge is 0.254 e. The second-order valence-corrected chi connectivity index (χ2v) is 8.72. The van der Waals surface area contributed by atoms with Gasteiger partial charge in [0.2, 0.25) is 0 Å². The molecule has 2 aliphatic rings. The van der Waals surface area contributed by atoms with Gasteiger partial charge in [-0.25, -0.2) is 0 Å². The Kier molecular flexibility index (Phi) is 6.24. The highest BCUT2D eigenvalue weighted by Gasteiger charge is 2.28. The Labute approximate surface area is 174 Å². The van der Waals surface area contributed by atoms with Gasteiger partial charge >= 0.3 is 0 Å². The summed E-state index contributed by atoms with van der Waals surface area (Å²) in [6.45, 7) is 9.33. The van der Waals surface area contributed by atoms with Gasteiger partial charge in [0, 0.05) is 24.8 Å². The Hall–Kier alpha value is -2.27. The van der Waals surface area contributed by atoms with Crippen molar-refractivity contribution >= 4 is 11.6 Å². The SMILES string of the molecule is CC1CCCN(CCCNC(=O)c2ccoc2CN2c3ccccc3CC2C)C1. The maximum Gasteiger partial charge on any atom is 0.254 e. The molecule has 2 unspecified atom stereocenters. The van der Waals surface area contributed by atoms with Gasteiger partial charge in [0.1, 0.15) is 5.76 Å². The molecule has 3 heterocycles. The standard InChI is InChI=1S/C24H33N3O2/c1-18-7-5-12-26(16-18)13-6-11-25-24(28)21-10-14-29-23(21)17-27-19(2)15-20-8-3-4-9-22(20)27/h3-4,8-10,14,18-19H,5-7,11-13,15-17H2,1-2H3,(H,25,28). The Balaban J connectivity index is 1.30. The highest BCUT2D eigenvalue weighted by molar-refractivity contribution is 5.95. The van der Waals surface area contributed by atoms with Gasteiger partial charge < -0.3 is 19.5 Å². The first-order chi connectivity index (χ1) is 14.1. The number of nitrogens with one attached hydrogen (secondary N) is 1. The number of hydrogen-bond acceptors (Lipinski definition) is 4. The second-order valence-electron chi connectivity index (χ2n) is 8.72. The summed E-state index contributed by atoms with van der Waals surface area (Å²) in [5.74, 6) is 1.52. The molecule has 1 fully saturated rings. The molecule has 156 valence electrons. The van der Waals surface area contributed by atoms with E-state index in [4.69, 9.17) is 4.42 Å². The van der Waals surface area contributed by atoms with E-state index in [2.05, 4.69) is 53.2 Å². The molecule has 1 aromatic carbocycles. The molecule has 0 saturated carbocycles. The lowest BCUT2D eigenvalue weighted by Crippen LogP contribution is -2.36. The Morgan fingerprint density at radius 3 is 2.97 bits per heavy atom. The van der Waals surface area contributed by atoms with Gasteiger partial charge in [0.15, 0.2) is 0 Å². The van der Waals surface area contributed by atoms with E-state index < -0.39 is 0 Å². The van der Waals surface area contributed by atoms with Crippen LogP contribution < -0.4 is 10.2 Å². The van der Waals surface area contributed by atoms with Gasteiger partial charge in [-0.3, -0.25) is 4.79 Å². The fourth-order valence-corrected chi connectivity index (χ4v) is 4.78. The first kappa shape index (κ1) is 20.0. The predicted molar refractivity (Wildman–Crippen MR) is 116 cm³/mol. The third-order valence-electron chi connectivity index (χ3n) is 6.33. The quantitative estimate of drug-likeness (QED) is 0.718. The highest BCUT2D eigenvalue weighted by atomic mass is 16.3. The summed E-state index contributed by atoms with van der Waals surface area (Å²) in [6, 6.07) is 10.7. The molecule has 0 radical (unpaired) electrons. The largest absolute Gasteiger partial charge is 0.467 e. The molecule has 5 heteroatoms. The van der Waals surface area contributed by atoms with E-state index in [-0.39, 0.29) is 5.91 Å². The topological polar surface area (TPSA) is 48.7 Å². The van der Waals surface area contributed by atoms with Gasteiger partial charge in [-0.15, -0.1) is 0 Å². The van der Waals surface area contributed by atoms with Crippen LogP contribution >= 0.6 is 0 Å². The van der Waals surface area contributed by atoms with Crippen molar-refractivity contribution in [2.75, 3.05) is 31.1 Å². The molecule has 1 saturated heterocycles. The predicted octanol–water partition coefficient (Wildman–Crippen LogP) is 4.08. The van der Waals surface area contributed by atoms with Gasteiger partial charge in [-0.1, -0.05) is 25.1 Å². The maximum atomic E-state index is 12.7. The molecule has 2 aromatic rings. The van der Waals surface area contributed by atoms with Gasteiger partial charge in [-0.2, -0.15) is 0 Å². The van der Waals surface area contributed by atoms with E-state index in [1.54, 1.807) is 12.3 Å². The molecular weight excluding hydrogens is 362 g/mol. The van der Waals surface area contributed by atoms with Gasteiger partial charge in [0.25, 0.3) is 5.91 Å². The number of nitrogens with zero attached hydrogens (tertiary/aromatic N) is 2. The van der Waals surface area contributed by atoms with Crippen LogP contribution in [0.2, 0.25) is 0 Å². The van der Waals surface area contributed by atoms with Crippen molar-refractivity contribution in [1.29, 1.82) is 0 Å². The van der Waals surface area contributed by atoms with Crippen LogP contribution in [-0.2, 0) is 13.0 Å². The molecular formula is C24H33N3O2. The fraction of sp³-hybridized carbons (Fsp3) is 0.542. The summed E-state index contributed by atoms with van der Waals surface area (Å²) in [6.07, 6.45) is 6.29. The van der Waals surface area contributed by atoms with E-state index in [0.29, 0.717) is 24.7 Å². The Morgan fingerprint density at radius 1 is 1.24 bits per heavy atom. The minimum atomic E-state index is -0.0269. The molecule has 1 aromatic heterocycles. The van der Waals surface area contributed by atoms with Crippen molar-refractivity contribution < 1.29 is 9.21 Å². The minimum Gasteiger partial charge on any atom is -0.467 e. The van der Waals surface area contributed by atoms with Crippen molar-refractivity contribution in [3.8, 4) is 0 Å². The molecule has 2 aliphatic heterocycles. The van der Waals surface area contributed by atoms with Crippen LogP contribution in [0.1, 0.15) is 54.8 Å². The zero-order chi connectivity index (χ0) is 20.2. The zero-order valence-electron chi connectivity index (χ0n) is 17.7. The van der Waals surface area contributed by atoms with Crippen LogP contribution in [0.25, 0.3) is 0 Å². The van der Waals surface area contributed by atoms with Crippen molar-refractivity contribution in [1.82, 2.24) is 10.2 Å². The van der Waals surface area contributed by atoms with E-state index in [9.17, 15) is 4.79 Å². The number of para-hydroxylation sites is 1. The molecule has 0 spiro atoms. The molecule has 2 atom stereocenters. The number of carbonyl (C=O) groups is 1. The van der Waals surface area contributed by atoms with E-state index >= 15 is 0 Å². The molecule has 0 aliphatic carbocycles. The number of rotatable bonds is 7. The van der Waals surface area contributed by atoms with E-state index in [1.807, 2.05) is 0 Å². The number of fused-ring (bicyclic) bond motifs is 1. The number of anilines is 1. The average Bonchev–Trinajstić information content (AvgIpc) is 3.30. The maximum absolute atomic E-state index is 12.7. The lowest BCUT2D eigenvalue weighted by atomic mass is 10.0. The van der Waals surface area contributed by atoms with Crippen molar-refractivity contribution in [3.63, 3.8) is 0 Å². The van der Waals surface area contributed by atoms with Crippen molar-refractivity contribution in [3.05, 3.63) is 53.5 Å². The third kappa shape index (κ3) is 4.67. The summed E-state index contributed by atoms with van der Waals surface area (Å²) in [4.78, 5) is 17.6. The minimum absolute atomic E-state index is 0.0269. The Morgan fingerprint density at radius 2 is 2.10 bits per heavy atom. The number of benzene rings is 1. The van der Waals surface area contributed by atoms with Gasteiger partial charge in [-0.05, 0) is 69.3 Å². The van der Waals surface area contributed by atoms with E-state index in [1.165, 1.54) is 37.2 Å². The van der Waals surface area contributed by atoms with Crippen LogP contribution in [0.5, 0.6) is 0 Å². The average molecular weight is 396 g/mol. The third-order valence-corrected chi connectivity index (χ3v) is 6.33. The van der Waals surface area contributed by atoms with Crippen LogP contribution in [0.3, 0.4) is 0 Å². The normalized spacial score (nSPS) is 21.9. The summed E-state index contributed by atoms with van der Waals surface area (Å²) < 4.78 is 5.71. The number of furan rings is 1. The van der Waals surface area contributed by atoms with Crippen LogP contribution in [0.15, 0.2) is 41.0 Å². The van der Waals surface area contributed by atoms with E-state index in [0.717, 1.165) is 31.1 Å². The number of amides is 1. The molecule has 1 amide bonds. The first-order valence-corrected chi connectivity index (χ1v) is 11.0. The molecule has 1 N–H and O–H groups in total. The molecule has 0 bridgehead atoms. The molecule has 4 rings (SSSR count). The van der Waals surface area contributed by atoms with Gasteiger partial charge in [0.05, 0.1) is 18.4 Å². The van der Waals surface area contributed by atoms with Crippen LogP contribution in [-0.4, -0.2) is 43.0 Å².